The second-order valence-electron chi connectivity index (χ2n) is 5.15. The summed E-state index contributed by atoms with van der Waals surface area (Å²) < 4.78 is 0. The van der Waals surface area contributed by atoms with Crippen LogP contribution in [0.5, 0.6) is 0 Å². The zero-order valence-electron chi connectivity index (χ0n) is 12.9. The summed E-state index contributed by atoms with van der Waals surface area (Å²) in [5, 5.41) is 3.09. The lowest BCUT2D eigenvalue weighted by atomic mass is 10.1. The molecule has 0 heterocycles. The maximum Gasteiger partial charge on any atom is 0.0657 e. The topological polar surface area (TPSA) is 24.4 Å². The van der Waals surface area contributed by atoms with Gasteiger partial charge in [0.15, 0.2) is 0 Å². The molecule has 0 radical (unpaired) electrons. The van der Waals surface area contributed by atoms with Gasteiger partial charge >= 0.3 is 0 Å². The van der Waals surface area contributed by atoms with Gasteiger partial charge in [-0.05, 0) is 42.2 Å². The van der Waals surface area contributed by atoms with Crippen LogP contribution in [-0.2, 0) is 0 Å². The highest BCUT2D eigenvalue weighted by molar-refractivity contribution is 6.09. The van der Waals surface area contributed by atoms with Gasteiger partial charge in [-0.1, -0.05) is 45.2 Å². The van der Waals surface area contributed by atoms with Crippen molar-refractivity contribution < 1.29 is 0 Å². The summed E-state index contributed by atoms with van der Waals surface area (Å²) in [5.41, 5.74) is 4.65. The van der Waals surface area contributed by atoms with Gasteiger partial charge in [0.2, 0.25) is 0 Å². The van der Waals surface area contributed by atoms with E-state index in [2.05, 4.69) is 43.4 Å². The summed E-state index contributed by atoms with van der Waals surface area (Å²) in [7, 11) is 1.90. The maximum absolute atomic E-state index is 4.59. The first-order valence-electron chi connectivity index (χ1n) is 6.84. The molecule has 0 saturated heterocycles. The highest BCUT2D eigenvalue weighted by Crippen LogP contribution is 2.18. The fourth-order valence-electron chi connectivity index (χ4n) is 1.60. The molecular formula is C18H24N2. The molecule has 0 aliphatic rings. The van der Waals surface area contributed by atoms with E-state index < -0.39 is 0 Å². The van der Waals surface area contributed by atoms with Crippen LogP contribution in [0.2, 0.25) is 0 Å². The Balaban J connectivity index is 2.97. The van der Waals surface area contributed by atoms with Crippen LogP contribution in [0.1, 0.15) is 26.3 Å². The van der Waals surface area contributed by atoms with E-state index in [4.69, 9.17) is 0 Å². The molecule has 20 heavy (non-hydrogen) atoms. The first-order valence-corrected chi connectivity index (χ1v) is 6.84. The lowest BCUT2D eigenvalue weighted by molar-refractivity contribution is 0.833. The van der Waals surface area contributed by atoms with Crippen LogP contribution in [0, 0.1) is 5.92 Å². The number of benzene rings is 1. The van der Waals surface area contributed by atoms with Crippen molar-refractivity contribution in [2.75, 3.05) is 12.4 Å². The largest absolute Gasteiger partial charge is 0.388 e. The maximum atomic E-state index is 4.59. The van der Waals surface area contributed by atoms with Gasteiger partial charge in [0.05, 0.1) is 11.4 Å². The van der Waals surface area contributed by atoms with E-state index in [0.717, 1.165) is 28.2 Å². The number of allylic oxidation sites excluding steroid dienone is 3. The van der Waals surface area contributed by atoms with Crippen LogP contribution in [0.4, 0.5) is 5.69 Å². The molecule has 0 amide bonds. The van der Waals surface area contributed by atoms with Gasteiger partial charge in [0.25, 0.3) is 0 Å². The third kappa shape index (κ3) is 4.88. The second-order valence-corrected chi connectivity index (χ2v) is 5.15. The molecule has 2 nitrogen and oxygen atoms in total. The molecular weight excluding hydrogens is 244 g/mol. The van der Waals surface area contributed by atoms with Crippen LogP contribution >= 0.6 is 0 Å². The third-order valence-electron chi connectivity index (χ3n) is 2.84. The number of rotatable bonds is 6. The predicted molar refractivity (Wildman–Crippen MR) is 91.2 cm³/mol. The van der Waals surface area contributed by atoms with E-state index >= 15 is 0 Å². The fraction of sp³-hybridized carbons (Fsp3) is 0.278. The molecule has 2 heteroatoms. The molecule has 0 aliphatic carbocycles. The summed E-state index contributed by atoms with van der Waals surface area (Å²) >= 11 is 0. The molecule has 0 unspecified atom stereocenters. The van der Waals surface area contributed by atoms with Gasteiger partial charge in [-0.15, -0.1) is 0 Å². The molecule has 0 bridgehead atoms. The van der Waals surface area contributed by atoms with Crippen molar-refractivity contribution in [1.82, 2.24) is 0 Å². The summed E-state index contributed by atoms with van der Waals surface area (Å²) in [6.45, 7) is 14.3. The van der Waals surface area contributed by atoms with Crippen molar-refractivity contribution in [3.05, 3.63) is 60.7 Å². The molecule has 1 aromatic carbocycles. The van der Waals surface area contributed by atoms with E-state index in [-0.39, 0.29) is 0 Å². The van der Waals surface area contributed by atoms with Gasteiger partial charge in [0, 0.05) is 12.7 Å². The number of nitrogens with one attached hydrogen (secondary N) is 1. The molecule has 0 aromatic heterocycles. The SMILES string of the molecule is C=C(C)C(/C=C\C(C)C)=NC(=C)c1ccc(NC)cc1. The average molecular weight is 268 g/mol. The summed E-state index contributed by atoms with van der Waals surface area (Å²) in [6.07, 6.45) is 4.13. The normalized spacial score (nSPS) is 11.9. The third-order valence-corrected chi connectivity index (χ3v) is 2.84. The fourth-order valence-corrected chi connectivity index (χ4v) is 1.60. The Kier molecular flexibility index (Phi) is 5.98. The van der Waals surface area contributed by atoms with Crippen molar-refractivity contribution in [3.63, 3.8) is 0 Å². The van der Waals surface area contributed by atoms with Gasteiger partial charge in [-0.3, -0.25) is 0 Å². The van der Waals surface area contributed by atoms with Crippen molar-refractivity contribution in [2.24, 2.45) is 10.9 Å². The first-order chi connectivity index (χ1) is 9.43. The van der Waals surface area contributed by atoms with Gasteiger partial charge in [-0.2, -0.15) is 0 Å². The number of anilines is 1. The second kappa shape index (κ2) is 7.49. The predicted octanol–water partition coefficient (Wildman–Crippen LogP) is 4.93. The van der Waals surface area contributed by atoms with Crippen molar-refractivity contribution in [2.45, 2.75) is 20.8 Å². The average Bonchev–Trinajstić information content (AvgIpc) is 2.42. The van der Waals surface area contributed by atoms with E-state index in [9.17, 15) is 0 Å². The molecule has 0 fully saturated rings. The Morgan fingerprint density at radius 1 is 1.20 bits per heavy atom. The van der Waals surface area contributed by atoms with Crippen molar-refractivity contribution in [1.29, 1.82) is 0 Å². The number of nitrogens with zero attached hydrogens (tertiary/aromatic N) is 1. The smallest absolute Gasteiger partial charge is 0.0657 e. The quantitative estimate of drug-likeness (QED) is 0.727. The number of aliphatic imine (C=N–C) groups is 1. The van der Waals surface area contributed by atoms with Crippen molar-refractivity contribution >= 4 is 17.1 Å². The van der Waals surface area contributed by atoms with Gasteiger partial charge < -0.3 is 5.32 Å². The molecule has 106 valence electrons. The molecule has 1 aromatic rings. The van der Waals surface area contributed by atoms with Gasteiger partial charge in [0.1, 0.15) is 0 Å². The van der Waals surface area contributed by atoms with Crippen LogP contribution in [0.3, 0.4) is 0 Å². The van der Waals surface area contributed by atoms with Crippen molar-refractivity contribution in [3.8, 4) is 0 Å². The lowest BCUT2D eigenvalue weighted by Crippen LogP contribution is -1.96. The van der Waals surface area contributed by atoms with Crippen LogP contribution in [-0.4, -0.2) is 12.8 Å². The molecule has 0 atom stereocenters. The standard InChI is InChI=1S/C18H24N2/c1-13(2)7-12-18(14(3)4)20-15(5)16-8-10-17(19-6)11-9-16/h7-13,19H,3,5H2,1-2,4,6H3/b12-7-,20-18?. The minimum absolute atomic E-state index is 0.489. The van der Waals surface area contributed by atoms with Crippen LogP contribution in [0.25, 0.3) is 5.70 Å². The Bertz CT molecular complexity index is 531. The monoisotopic (exact) mass is 268 g/mol. The Morgan fingerprint density at radius 2 is 1.80 bits per heavy atom. The lowest BCUT2D eigenvalue weighted by Gasteiger charge is -2.06. The van der Waals surface area contributed by atoms with E-state index in [1.165, 1.54) is 0 Å². The molecule has 1 N–H and O–H groups in total. The highest BCUT2D eigenvalue weighted by Gasteiger charge is 2.01. The number of hydrogen-bond acceptors (Lipinski definition) is 2. The molecule has 1 rings (SSSR count). The van der Waals surface area contributed by atoms with E-state index in [1.807, 2.05) is 44.3 Å². The first kappa shape index (κ1) is 16.0. The highest BCUT2D eigenvalue weighted by atomic mass is 14.8. The molecule has 0 spiro atoms. The molecule has 0 saturated carbocycles. The summed E-state index contributed by atoms with van der Waals surface area (Å²) in [4.78, 5) is 4.59. The van der Waals surface area contributed by atoms with Crippen LogP contribution in [0.15, 0.2) is 60.1 Å². The minimum atomic E-state index is 0.489. The van der Waals surface area contributed by atoms with Gasteiger partial charge in [-0.25, -0.2) is 4.99 Å². The number of hydrogen-bond donors (Lipinski definition) is 1. The Morgan fingerprint density at radius 3 is 2.25 bits per heavy atom. The summed E-state index contributed by atoms with van der Waals surface area (Å²) in [6, 6.07) is 8.06. The van der Waals surface area contributed by atoms with E-state index in [1.54, 1.807) is 0 Å². The van der Waals surface area contributed by atoms with Crippen LogP contribution < -0.4 is 5.32 Å². The molecule has 0 aliphatic heterocycles. The minimum Gasteiger partial charge on any atom is -0.388 e. The Labute approximate surface area is 122 Å². The Hall–Kier alpha value is -2.09. The zero-order valence-corrected chi connectivity index (χ0v) is 12.9. The zero-order chi connectivity index (χ0) is 15.1. The summed E-state index contributed by atoms with van der Waals surface area (Å²) in [5.74, 6) is 0.489. The van der Waals surface area contributed by atoms with E-state index in [0.29, 0.717) is 5.92 Å².